The Labute approximate surface area is 137 Å². The van der Waals surface area contributed by atoms with Gasteiger partial charge in [-0.1, -0.05) is 34.1 Å². The van der Waals surface area contributed by atoms with E-state index in [4.69, 9.17) is 12.2 Å². The quantitative estimate of drug-likeness (QED) is 0.577. The fourth-order valence-corrected chi connectivity index (χ4v) is 2.06. The van der Waals surface area contributed by atoms with Gasteiger partial charge in [0.05, 0.1) is 6.67 Å². The molecule has 21 heavy (non-hydrogen) atoms. The lowest BCUT2D eigenvalue weighted by Gasteiger charge is -2.11. The van der Waals surface area contributed by atoms with Crippen LogP contribution in [0.5, 0.6) is 0 Å². The van der Waals surface area contributed by atoms with E-state index < -0.39 is 0 Å². The van der Waals surface area contributed by atoms with Crippen LogP contribution in [0.15, 0.2) is 59.1 Å². The number of hydrogen-bond acceptors (Lipinski definition) is 2. The summed E-state index contributed by atoms with van der Waals surface area (Å²) in [5.41, 5.74) is 1.50. The van der Waals surface area contributed by atoms with Crippen LogP contribution in [0.2, 0.25) is 0 Å². The number of carbonyl (C=O) groups excluding carboxylic acids is 1. The van der Waals surface area contributed by atoms with Crippen LogP contribution in [-0.4, -0.2) is 17.7 Å². The van der Waals surface area contributed by atoms with E-state index in [-0.39, 0.29) is 12.6 Å². The molecular weight excluding hydrogens is 350 g/mol. The summed E-state index contributed by atoms with van der Waals surface area (Å²) in [6.45, 7) is 0.260. The average molecular weight is 364 g/mol. The minimum Gasteiger partial charge on any atom is -0.345 e. The molecule has 3 N–H and O–H groups in total. The van der Waals surface area contributed by atoms with Crippen LogP contribution >= 0.6 is 28.1 Å². The van der Waals surface area contributed by atoms with Gasteiger partial charge in [-0.25, -0.2) is 0 Å². The number of anilines is 1. The van der Waals surface area contributed by atoms with Gasteiger partial charge < -0.3 is 16.0 Å². The van der Waals surface area contributed by atoms with Gasteiger partial charge in [0.15, 0.2) is 5.11 Å². The summed E-state index contributed by atoms with van der Waals surface area (Å²) in [6, 6.07) is 16.7. The van der Waals surface area contributed by atoms with Crippen LogP contribution in [0.4, 0.5) is 5.69 Å². The predicted molar refractivity (Wildman–Crippen MR) is 92.3 cm³/mol. The van der Waals surface area contributed by atoms with Gasteiger partial charge >= 0.3 is 0 Å². The van der Waals surface area contributed by atoms with Crippen molar-refractivity contribution in [1.82, 2.24) is 10.6 Å². The van der Waals surface area contributed by atoms with E-state index in [2.05, 4.69) is 31.9 Å². The number of nitrogens with one attached hydrogen (secondary N) is 3. The molecule has 0 heterocycles. The smallest absolute Gasteiger partial charge is 0.252 e. The maximum atomic E-state index is 11.8. The second-order valence-electron chi connectivity index (χ2n) is 4.19. The molecular formula is C15H14BrN3OS. The van der Waals surface area contributed by atoms with Crippen LogP contribution < -0.4 is 16.0 Å². The first-order valence-corrected chi connectivity index (χ1v) is 7.49. The zero-order valence-electron chi connectivity index (χ0n) is 11.1. The number of hydrogen-bond donors (Lipinski definition) is 3. The highest BCUT2D eigenvalue weighted by Crippen LogP contribution is 2.13. The van der Waals surface area contributed by atoms with Crippen molar-refractivity contribution in [3.05, 3.63) is 64.6 Å². The van der Waals surface area contributed by atoms with Gasteiger partial charge in [-0.05, 0) is 48.6 Å². The highest BCUT2D eigenvalue weighted by atomic mass is 79.9. The van der Waals surface area contributed by atoms with E-state index in [9.17, 15) is 4.79 Å². The van der Waals surface area contributed by atoms with Gasteiger partial charge in [-0.2, -0.15) is 0 Å². The molecule has 0 aliphatic heterocycles. The molecule has 2 aromatic carbocycles. The van der Waals surface area contributed by atoms with Crippen LogP contribution in [0.3, 0.4) is 0 Å². The van der Waals surface area contributed by atoms with Gasteiger partial charge in [0, 0.05) is 15.7 Å². The first-order valence-electron chi connectivity index (χ1n) is 6.29. The first kappa shape index (κ1) is 15.5. The van der Waals surface area contributed by atoms with E-state index in [1.807, 2.05) is 42.5 Å². The molecule has 2 rings (SSSR count). The standard InChI is InChI=1S/C15H14BrN3OS/c16-12-6-8-13(9-7-12)19-15(21)18-10-17-14(20)11-4-2-1-3-5-11/h1-9H,10H2,(H,17,20)(H2,18,19,21). The van der Waals surface area contributed by atoms with E-state index >= 15 is 0 Å². The van der Waals surface area contributed by atoms with Gasteiger partial charge in [0.2, 0.25) is 0 Å². The van der Waals surface area contributed by atoms with Crippen LogP contribution in [0.25, 0.3) is 0 Å². The molecule has 0 unspecified atom stereocenters. The molecule has 0 atom stereocenters. The van der Waals surface area contributed by atoms with Gasteiger partial charge in [0.25, 0.3) is 5.91 Å². The molecule has 0 saturated carbocycles. The molecule has 0 aliphatic rings. The van der Waals surface area contributed by atoms with Crippen molar-refractivity contribution in [1.29, 1.82) is 0 Å². The molecule has 108 valence electrons. The summed E-state index contributed by atoms with van der Waals surface area (Å²) >= 11 is 8.52. The van der Waals surface area contributed by atoms with E-state index in [0.717, 1.165) is 10.2 Å². The van der Waals surface area contributed by atoms with Crippen molar-refractivity contribution < 1.29 is 4.79 Å². The van der Waals surface area contributed by atoms with Crippen molar-refractivity contribution in [2.45, 2.75) is 0 Å². The van der Waals surface area contributed by atoms with Crippen molar-refractivity contribution >= 4 is 44.9 Å². The van der Waals surface area contributed by atoms with Crippen LogP contribution in [0, 0.1) is 0 Å². The lowest BCUT2D eigenvalue weighted by atomic mass is 10.2. The number of rotatable bonds is 4. The van der Waals surface area contributed by atoms with Crippen LogP contribution in [-0.2, 0) is 0 Å². The Morgan fingerprint density at radius 2 is 1.67 bits per heavy atom. The normalized spacial score (nSPS) is 9.76. The Balaban J connectivity index is 1.74. The zero-order valence-corrected chi connectivity index (χ0v) is 13.5. The minimum atomic E-state index is -0.144. The SMILES string of the molecule is O=C(NCNC(=S)Nc1ccc(Br)cc1)c1ccccc1. The summed E-state index contributed by atoms with van der Waals surface area (Å²) in [7, 11) is 0. The first-order chi connectivity index (χ1) is 10.1. The Morgan fingerprint density at radius 3 is 2.33 bits per heavy atom. The summed E-state index contributed by atoms with van der Waals surface area (Å²) in [5, 5.41) is 9.14. The molecule has 0 bridgehead atoms. The molecule has 0 radical (unpaired) electrons. The maximum absolute atomic E-state index is 11.8. The second kappa shape index (κ2) is 7.75. The highest BCUT2D eigenvalue weighted by molar-refractivity contribution is 9.10. The third-order valence-electron chi connectivity index (χ3n) is 2.64. The van der Waals surface area contributed by atoms with E-state index in [0.29, 0.717) is 10.7 Å². The Bertz CT molecular complexity index is 617. The lowest BCUT2D eigenvalue weighted by Crippen LogP contribution is -2.39. The molecule has 6 heteroatoms. The zero-order chi connectivity index (χ0) is 15.1. The number of halogens is 1. The third-order valence-corrected chi connectivity index (χ3v) is 3.41. The fourth-order valence-electron chi connectivity index (χ4n) is 1.60. The Morgan fingerprint density at radius 1 is 1.00 bits per heavy atom. The Hall–Kier alpha value is -1.92. The maximum Gasteiger partial charge on any atom is 0.252 e. The van der Waals surface area contributed by atoms with Gasteiger partial charge in [-0.15, -0.1) is 0 Å². The Kier molecular flexibility index (Phi) is 5.71. The third kappa shape index (κ3) is 5.17. The van der Waals surface area contributed by atoms with E-state index in [1.54, 1.807) is 12.1 Å². The summed E-state index contributed by atoms with van der Waals surface area (Å²) in [4.78, 5) is 11.8. The summed E-state index contributed by atoms with van der Waals surface area (Å²) in [6.07, 6.45) is 0. The van der Waals surface area contributed by atoms with Gasteiger partial charge in [0.1, 0.15) is 0 Å². The molecule has 2 aromatic rings. The summed E-state index contributed by atoms with van der Waals surface area (Å²) in [5.74, 6) is -0.144. The minimum absolute atomic E-state index is 0.144. The van der Waals surface area contributed by atoms with Gasteiger partial charge in [-0.3, -0.25) is 4.79 Å². The topological polar surface area (TPSA) is 53.2 Å². The number of benzene rings is 2. The van der Waals surface area contributed by atoms with Crippen molar-refractivity contribution in [2.24, 2.45) is 0 Å². The highest BCUT2D eigenvalue weighted by Gasteiger charge is 2.03. The van der Waals surface area contributed by atoms with Crippen LogP contribution in [0.1, 0.15) is 10.4 Å². The molecule has 0 aliphatic carbocycles. The molecule has 1 amide bonds. The fraction of sp³-hybridized carbons (Fsp3) is 0.0667. The predicted octanol–water partition coefficient (Wildman–Crippen LogP) is 3.12. The molecule has 0 spiro atoms. The van der Waals surface area contributed by atoms with Crippen molar-refractivity contribution in [2.75, 3.05) is 12.0 Å². The molecule has 0 saturated heterocycles. The number of carbonyl (C=O) groups is 1. The number of thiocarbonyl (C=S) groups is 1. The largest absolute Gasteiger partial charge is 0.345 e. The average Bonchev–Trinajstić information content (AvgIpc) is 2.50. The second-order valence-corrected chi connectivity index (χ2v) is 5.51. The van der Waals surface area contributed by atoms with E-state index in [1.165, 1.54) is 0 Å². The molecule has 0 fully saturated rings. The summed E-state index contributed by atoms with van der Waals surface area (Å²) < 4.78 is 1.00. The van der Waals surface area contributed by atoms with Crippen molar-refractivity contribution in [3.8, 4) is 0 Å². The lowest BCUT2D eigenvalue weighted by molar-refractivity contribution is 0.0953. The monoisotopic (exact) mass is 363 g/mol. The van der Waals surface area contributed by atoms with Crippen molar-refractivity contribution in [3.63, 3.8) is 0 Å². The molecule has 0 aromatic heterocycles. The number of amides is 1. The molecule has 4 nitrogen and oxygen atoms in total.